The zero-order valence-electron chi connectivity index (χ0n) is 17.6. The van der Waals surface area contributed by atoms with E-state index in [0.29, 0.717) is 24.7 Å². The van der Waals surface area contributed by atoms with E-state index in [1.54, 1.807) is 13.1 Å². The Morgan fingerprint density at radius 3 is 2.41 bits per heavy atom. The summed E-state index contributed by atoms with van der Waals surface area (Å²) in [7, 11) is 0. The van der Waals surface area contributed by atoms with Gasteiger partial charge in [-0.3, -0.25) is 9.59 Å². The number of nitrogens with zero attached hydrogens (tertiary/aromatic N) is 3. The molecule has 0 radical (unpaired) electrons. The van der Waals surface area contributed by atoms with Crippen LogP contribution in [0.1, 0.15) is 46.6 Å². The maximum Gasteiger partial charge on any atom is 0.263 e. The van der Waals surface area contributed by atoms with Crippen molar-refractivity contribution in [3.63, 3.8) is 0 Å². The van der Waals surface area contributed by atoms with Gasteiger partial charge in [-0.25, -0.2) is 4.68 Å². The number of para-hydroxylation sites is 1. The molecule has 1 unspecified atom stereocenters. The van der Waals surface area contributed by atoms with Crippen LogP contribution in [0.25, 0.3) is 0 Å². The summed E-state index contributed by atoms with van der Waals surface area (Å²) < 4.78 is 7.64. The largest absolute Gasteiger partial charge is 0.481 e. The van der Waals surface area contributed by atoms with E-state index in [1.807, 2.05) is 66.8 Å². The minimum atomic E-state index is -0.528. The molecule has 7 nitrogen and oxygen atoms in total. The van der Waals surface area contributed by atoms with E-state index in [1.165, 1.54) is 0 Å². The van der Waals surface area contributed by atoms with E-state index >= 15 is 0 Å². The molecule has 29 heavy (non-hydrogen) atoms. The number of anilines is 1. The van der Waals surface area contributed by atoms with Gasteiger partial charge in [0.2, 0.25) is 5.91 Å². The second-order valence-corrected chi connectivity index (χ2v) is 8.49. The van der Waals surface area contributed by atoms with Crippen LogP contribution in [0.5, 0.6) is 5.75 Å². The van der Waals surface area contributed by atoms with Crippen LogP contribution in [-0.2, 0) is 9.59 Å². The van der Waals surface area contributed by atoms with Gasteiger partial charge in [-0.05, 0) is 31.9 Å². The zero-order chi connectivity index (χ0) is 21.0. The summed E-state index contributed by atoms with van der Waals surface area (Å²) in [4.78, 5) is 26.9. The zero-order valence-corrected chi connectivity index (χ0v) is 17.6. The molecular formula is C22H30N4O3. The second-order valence-electron chi connectivity index (χ2n) is 8.49. The van der Waals surface area contributed by atoms with Gasteiger partial charge in [0, 0.05) is 24.6 Å². The van der Waals surface area contributed by atoms with Crippen molar-refractivity contribution in [2.45, 2.75) is 52.7 Å². The third-order valence-electron chi connectivity index (χ3n) is 5.12. The minimum Gasteiger partial charge on any atom is -0.481 e. The van der Waals surface area contributed by atoms with Crippen LogP contribution in [0.2, 0.25) is 0 Å². The molecule has 1 fully saturated rings. The molecule has 2 heterocycles. The molecule has 1 aromatic carbocycles. The van der Waals surface area contributed by atoms with Gasteiger partial charge in [-0.2, -0.15) is 5.10 Å². The van der Waals surface area contributed by atoms with Gasteiger partial charge in [0.25, 0.3) is 5.91 Å². The Labute approximate surface area is 172 Å². The van der Waals surface area contributed by atoms with Crippen LogP contribution in [0.15, 0.2) is 42.6 Å². The van der Waals surface area contributed by atoms with Gasteiger partial charge >= 0.3 is 0 Å². The first-order valence-corrected chi connectivity index (χ1v) is 10.1. The highest BCUT2D eigenvalue weighted by atomic mass is 16.5. The highest BCUT2D eigenvalue weighted by molar-refractivity contribution is 5.93. The molecule has 156 valence electrons. The number of benzene rings is 1. The summed E-state index contributed by atoms with van der Waals surface area (Å²) >= 11 is 0. The summed E-state index contributed by atoms with van der Waals surface area (Å²) in [6, 6.07) is 11.3. The standard InChI is InChI=1S/C22H30N4O3/c1-16(29-18-8-6-5-7-9-18)20(27)25-14-11-17(12-15-25)26-19(10-13-23-26)24-21(28)22(2,3)4/h5-10,13,16-17H,11-12,14-15H2,1-4H3,(H,24,28). The van der Waals surface area contributed by atoms with Crippen molar-refractivity contribution in [3.05, 3.63) is 42.6 Å². The van der Waals surface area contributed by atoms with Crippen molar-refractivity contribution in [2.75, 3.05) is 18.4 Å². The summed E-state index contributed by atoms with van der Waals surface area (Å²) in [5, 5.41) is 7.38. The number of aromatic nitrogens is 2. The third kappa shape index (κ3) is 5.16. The summed E-state index contributed by atoms with van der Waals surface area (Å²) in [5.41, 5.74) is -0.472. The molecule has 2 amide bonds. The number of hydrogen-bond acceptors (Lipinski definition) is 4. The maximum absolute atomic E-state index is 12.7. The fourth-order valence-corrected chi connectivity index (χ4v) is 3.35. The van der Waals surface area contributed by atoms with Gasteiger partial charge in [0.1, 0.15) is 11.6 Å². The van der Waals surface area contributed by atoms with Crippen molar-refractivity contribution in [3.8, 4) is 5.75 Å². The van der Waals surface area contributed by atoms with Crippen molar-refractivity contribution < 1.29 is 14.3 Å². The van der Waals surface area contributed by atoms with E-state index in [2.05, 4.69) is 10.4 Å². The Morgan fingerprint density at radius 2 is 1.79 bits per heavy atom. The lowest BCUT2D eigenvalue weighted by Crippen LogP contribution is -2.45. The Hall–Kier alpha value is -2.83. The fraction of sp³-hybridized carbons (Fsp3) is 0.500. The normalized spacial score (nSPS) is 16.3. The van der Waals surface area contributed by atoms with Gasteiger partial charge in [-0.1, -0.05) is 39.0 Å². The summed E-state index contributed by atoms with van der Waals surface area (Å²) in [6.45, 7) is 8.70. The van der Waals surface area contributed by atoms with E-state index in [0.717, 1.165) is 12.8 Å². The second kappa shape index (κ2) is 8.68. The maximum atomic E-state index is 12.7. The van der Waals surface area contributed by atoms with E-state index in [9.17, 15) is 9.59 Å². The third-order valence-corrected chi connectivity index (χ3v) is 5.12. The molecule has 2 aromatic rings. The SMILES string of the molecule is CC(Oc1ccccc1)C(=O)N1CCC(n2nccc2NC(=O)C(C)(C)C)CC1. The lowest BCUT2D eigenvalue weighted by molar-refractivity contribution is -0.139. The summed E-state index contributed by atoms with van der Waals surface area (Å²) in [6.07, 6.45) is 2.74. The number of carbonyl (C=O) groups is 2. The van der Waals surface area contributed by atoms with E-state index in [4.69, 9.17) is 4.74 Å². The average molecular weight is 399 g/mol. The Kier molecular flexibility index (Phi) is 6.25. The quantitative estimate of drug-likeness (QED) is 0.836. The molecule has 1 aliphatic heterocycles. The van der Waals surface area contributed by atoms with Crippen molar-refractivity contribution in [2.24, 2.45) is 5.41 Å². The van der Waals surface area contributed by atoms with Crippen molar-refractivity contribution in [1.29, 1.82) is 0 Å². The van der Waals surface area contributed by atoms with Crippen molar-refractivity contribution >= 4 is 17.6 Å². The molecule has 1 saturated heterocycles. The highest BCUT2D eigenvalue weighted by Crippen LogP contribution is 2.27. The predicted octanol–water partition coefficient (Wildman–Crippen LogP) is 3.50. The first-order valence-electron chi connectivity index (χ1n) is 10.1. The van der Waals surface area contributed by atoms with Crippen LogP contribution in [-0.4, -0.2) is 45.7 Å². The smallest absolute Gasteiger partial charge is 0.263 e. The van der Waals surface area contributed by atoms with Gasteiger partial charge in [0.15, 0.2) is 6.10 Å². The Balaban J connectivity index is 1.56. The fourth-order valence-electron chi connectivity index (χ4n) is 3.35. The van der Waals surface area contributed by atoms with Crippen LogP contribution in [0, 0.1) is 5.41 Å². The monoisotopic (exact) mass is 398 g/mol. The van der Waals surface area contributed by atoms with Crippen LogP contribution in [0.3, 0.4) is 0 Å². The molecule has 1 atom stereocenters. The first kappa shape index (κ1) is 20.9. The predicted molar refractivity (Wildman–Crippen MR) is 112 cm³/mol. The molecule has 0 saturated carbocycles. The number of likely N-dealkylation sites (tertiary alicyclic amines) is 1. The molecule has 0 spiro atoms. The van der Waals surface area contributed by atoms with Crippen LogP contribution >= 0.6 is 0 Å². The van der Waals surface area contributed by atoms with E-state index < -0.39 is 11.5 Å². The number of carbonyl (C=O) groups excluding carboxylic acids is 2. The topological polar surface area (TPSA) is 76.5 Å². The first-order chi connectivity index (χ1) is 13.8. The lowest BCUT2D eigenvalue weighted by atomic mass is 9.96. The molecule has 1 aromatic heterocycles. The minimum absolute atomic E-state index is 0.00553. The summed E-state index contributed by atoms with van der Waals surface area (Å²) in [5.74, 6) is 1.35. The molecule has 7 heteroatoms. The van der Waals surface area contributed by atoms with Crippen LogP contribution < -0.4 is 10.1 Å². The lowest BCUT2D eigenvalue weighted by Gasteiger charge is -2.34. The Morgan fingerprint density at radius 1 is 1.14 bits per heavy atom. The van der Waals surface area contributed by atoms with Crippen LogP contribution in [0.4, 0.5) is 5.82 Å². The Bertz CT molecular complexity index is 833. The molecule has 1 aliphatic rings. The molecule has 0 aliphatic carbocycles. The van der Waals surface area contributed by atoms with Crippen molar-refractivity contribution in [1.82, 2.24) is 14.7 Å². The molecule has 0 bridgehead atoms. The molecular weight excluding hydrogens is 368 g/mol. The van der Waals surface area contributed by atoms with Gasteiger partial charge < -0.3 is 15.0 Å². The average Bonchev–Trinajstić information content (AvgIpc) is 3.15. The molecule has 1 N–H and O–H groups in total. The van der Waals surface area contributed by atoms with E-state index in [-0.39, 0.29) is 17.9 Å². The van der Waals surface area contributed by atoms with Gasteiger partial charge in [-0.15, -0.1) is 0 Å². The number of ether oxygens (including phenoxy) is 1. The number of amides is 2. The molecule has 3 rings (SSSR count). The number of hydrogen-bond donors (Lipinski definition) is 1. The highest BCUT2D eigenvalue weighted by Gasteiger charge is 2.29. The number of nitrogens with one attached hydrogen (secondary N) is 1. The number of piperidine rings is 1. The number of rotatable bonds is 5. The van der Waals surface area contributed by atoms with Gasteiger partial charge in [0.05, 0.1) is 12.2 Å².